The zero-order valence-corrected chi connectivity index (χ0v) is 12.2. The molecule has 2 aromatic rings. The SMILES string of the molecule is CCOc1ccc(NC(C)c2ccc(F)cc2Cl)cc1. The Morgan fingerprint density at radius 3 is 2.50 bits per heavy atom. The summed E-state index contributed by atoms with van der Waals surface area (Å²) in [6, 6.07) is 12.1. The first-order valence-corrected chi connectivity index (χ1v) is 6.92. The summed E-state index contributed by atoms with van der Waals surface area (Å²) in [6.07, 6.45) is 0. The van der Waals surface area contributed by atoms with E-state index in [4.69, 9.17) is 16.3 Å². The van der Waals surface area contributed by atoms with Gasteiger partial charge in [-0.15, -0.1) is 0 Å². The summed E-state index contributed by atoms with van der Waals surface area (Å²) < 4.78 is 18.4. The van der Waals surface area contributed by atoms with Gasteiger partial charge < -0.3 is 10.1 Å². The average Bonchev–Trinajstić information content (AvgIpc) is 2.41. The predicted molar refractivity (Wildman–Crippen MR) is 81.1 cm³/mol. The summed E-state index contributed by atoms with van der Waals surface area (Å²) in [4.78, 5) is 0. The number of rotatable bonds is 5. The van der Waals surface area contributed by atoms with Gasteiger partial charge in [0.25, 0.3) is 0 Å². The van der Waals surface area contributed by atoms with Gasteiger partial charge in [0, 0.05) is 16.8 Å². The van der Waals surface area contributed by atoms with Crippen LogP contribution in [-0.2, 0) is 0 Å². The average molecular weight is 294 g/mol. The van der Waals surface area contributed by atoms with Crippen LogP contribution in [0.3, 0.4) is 0 Å². The van der Waals surface area contributed by atoms with Crippen molar-refractivity contribution >= 4 is 17.3 Å². The molecular formula is C16H17ClFNO. The number of hydrogen-bond acceptors (Lipinski definition) is 2. The summed E-state index contributed by atoms with van der Waals surface area (Å²) >= 11 is 6.06. The first kappa shape index (κ1) is 14.7. The quantitative estimate of drug-likeness (QED) is 0.833. The Balaban J connectivity index is 2.08. The van der Waals surface area contributed by atoms with E-state index in [1.807, 2.05) is 38.1 Å². The van der Waals surface area contributed by atoms with Crippen LogP contribution in [0.2, 0.25) is 5.02 Å². The maximum atomic E-state index is 13.0. The number of anilines is 1. The van der Waals surface area contributed by atoms with Gasteiger partial charge in [0.2, 0.25) is 0 Å². The Labute approximate surface area is 123 Å². The highest BCUT2D eigenvalue weighted by atomic mass is 35.5. The molecule has 0 fully saturated rings. The summed E-state index contributed by atoms with van der Waals surface area (Å²) in [6.45, 7) is 4.58. The predicted octanol–water partition coefficient (Wildman–Crippen LogP) is 5.05. The molecule has 2 aromatic carbocycles. The van der Waals surface area contributed by atoms with Crippen LogP contribution in [0.25, 0.3) is 0 Å². The minimum absolute atomic E-state index is 0.0129. The van der Waals surface area contributed by atoms with Crippen LogP contribution in [-0.4, -0.2) is 6.61 Å². The summed E-state index contributed by atoms with van der Waals surface area (Å²) in [5, 5.41) is 3.75. The second-order valence-corrected chi connectivity index (χ2v) is 4.90. The van der Waals surface area contributed by atoms with E-state index in [-0.39, 0.29) is 11.9 Å². The fraction of sp³-hybridized carbons (Fsp3) is 0.250. The first-order chi connectivity index (χ1) is 9.60. The number of halogens is 2. The Morgan fingerprint density at radius 2 is 1.90 bits per heavy atom. The van der Waals surface area contributed by atoms with Gasteiger partial charge >= 0.3 is 0 Å². The van der Waals surface area contributed by atoms with Crippen LogP contribution in [0.5, 0.6) is 5.75 Å². The third kappa shape index (κ3) is 3.64. The lowest BCUT2D eigenvalue weighted by molar-refractivity contribution is 0.340. The molecule has 0 bridgehead atoms. The van der Waals surface area contributed by atoms with Gasteiger partial charge in [0.15, 0.2) is 0 Å². The van der Waals surface area contributed by atoms with E-state index in [9.17, 15) is 4.39 Å². The Kier molecular flexibility index (Phi) is 4.85. The molecule has 20 heavy (non-hydrogen) atoms. The lowest BCUT2D eigenvalue weighted by atomic mass is 10.1. The van der Waals surface area contributed by atoms with Crippen LogP contribution < -0.4 is 10.1 Å². The lowest BCUT2D eigenvalue weighted by Gasteiger charge is -2.17. The Bertz CT molecular complexity index is 571. The molecular weight excluding hydrogens is 277 g/mol. The molecule has 0 aliphatic rings. The largest absolute Gasteiger partial charge is 0.494 e. The molecule has 4 heteroatoms. The smallest absolute Gasteiger partial charge is 0.124 e. The topological polar surface area (TPSA) is 21.3 Å². The molecule has 0 spiro atoms. The standard InChI is InChI=1S/C16H17ClFNO/c1-3-20-14-7-5-13(6-8-14)19-11(2)15-9-4-12(18)10-16(15)17/h4-11,19H,3H2,1-2H3. The van der Waals surface area contributed by atoms with Gasteiger partial charge in [-0.1, -0.05) is 17.7 Å². The van der Waals surface area contributed by atoms with Crippen LogP contribution in [0.1, 0.15) is 25.5 Å². The molecule has 1 N–H and O–H groups in total. The van der Waals surface area contributed by atoms with Gasteiger partial charge in [0.1, 0.15) is 11.6 Å². The van der Waals surface area contributed by atoms with E-state index < -0.39 is 0 Å². The van der Waals surface area contributed by atoms with Gasteiger partial charge in [-0.3, -0.25) is 0 Å². The molecule has 0 aliphatic carbocycles. The molecule has 0 radical (unpaired) electrons. The zero-order chi connectivity index (χ0) is 14.5. The van der Waals surface area contributed by atoms with Crippen molar-refractivity contribution in [1.82, 2.24) is 0 Å². The number of ether oxygens (including phenoxy) is 1. The molecule has 106 valence electrons. The minimum Gasteiger partial charge on any atom is -0.494 e. The molecule has 0 aromatic heterocycles. The number of benzene rings is 2. The second-order valence-electron chi connectivity index (χ2n) is 4.49. The number of hydrogen-bond donors (Lipinski definition) is 1. The molecule has 0 heterocycles. The van der Waals surface area contributed by atoms with Gasteiger partial charge in [-0.25, -0.2) is 4.39 Å². The van der Waals surface area contributed by atoms with Crippen molar-refractivity contribution in [3.05, 3.63) is 58.9 Å². The highest BCUT2D eigenvalue weighted by Gasteiger charge is 2.10. The van der Waals surface area contributed by atoms with E-state index in [0.29, 0.717) is 11.6 Å². The monoisotopic (exact) mass is 293 g/mol. The van der Waals surface area contributed by atoms with Gasteiger partial charge in [-0.05, 0) is 55.8 Å². The lowest BCUT2D eigenvalue weighted by Crippen LogP contribution is -2.07. The Hall–Kier alpha value is -1.74. The van der Waals surface area contributed by atoms with E-state index in [2.05, 4.69) is 5.32 Å². The van der Waals surface area contributed by atoms with Crippen molar-refractivity contribution in [3.8, 4) is 5.75 Å². The summed E-state index contributed by atoms with van der Waals surface area (Å²) in [5.74, 6) is 0.512. The fourth-order valence-electron chi connectivity index (χ4n) is 1.99. The van der Waals surface area contributed by atoms with Crippen LogP contribution in [0.4, 0.5) is 10.1 Å². The third-order valence-corrected chi connectivity index (χ3v) is 3.30. The van der Waals surface area contributed by atoms with Crippen LogP contribution >= 0.6 is 11.6 Å². The van der Waals surface area contributed by atoms with Crippen molar-refractivity contribution in [2.45, 2.75) is 19.9 Å². The molecule has 0 amide bonds. The van der Waals surface area contributed by atoms with Crippen molar-refractivity contribution in [2.75, 3.05) is 11.9 Å². The van der Waals surface area contributed by atoms with E-state index in [0.717, 1.165) is 17.0 Å². The summed E-state index contributed by atoms with van der Waals surface area (Å²) in [5.41, 5.74) is 1.82. The van der Waals surface area contributed by atoms with Crippen molar-refractivity contribution in [2.24, 2.45) is 0 Å². The molecule has 1 atom stereocenters. The van der Waals surface area contributed by atoms with Crippen LogP contribution in [0, 0.1) is 5.82 Å². The molecule has 1 unspecified atom stereocenters. The maximum absolute atomic E-state index is 13.0. The molecule has 2 nitrogen and oxygen atoms in total. The van der Waals surface area contributed by atoms with Gasteiger partial charge in [0.05, 0.1) is 6.61 Å². The summed E-state index contributed by atoms with van der Waals surface area (Å²) in [7, 11) is 0. The van der Waals surface area contributed by atoms with Crippen molar-refractivity contribution in [3.63, 3.8) is 0 Å². The molecule has 0 saturated carbocycles. The van der Waals surface area contributed by atoms with E-state index >= 15 is 0 Å². The molecule has 0 saturated heterocycles. The highest BCUT2D eigenvalue weighted by molar-refractivity contribution is 6.31. The van der Waals surface area contributed by atoms with E-state index in [1.54, 1.807) is 6.07 Å². The highest BCUT2D eigenvalue weighted by Crippen LogP contribution is 2.27. The number of nitrogens with one attached hydrogen (secondary N) is 1. The minimum atomic E-state index is -0.327. The van der Waals surface area contributed by atoms with Crippen molar-refractivity contribution < 1.29 is 9.13 Å². The second kappa shape index (κ2) is 6.62. The molecule has 0 aliphatic heterocycles. The first-order valence-electron chi connectivity index (χ1n) is 6.54. The fourth-order valence-corrected chi connectivity index (χ4v) is 2.33. The maximum Gasteiger partial charge on any atom is 0.124 e. The Morgan fingerprint density at radius 1 is 1.20 bits per heavy atom. The van der Waals surface area contributed by atoms with Crippen LogP contribution in [0.15, 0.2) is 42.5 Å². The normalized spacial score (nSPS) is 12.0. The van der Waals surface area contributed by atoms with E-state index in [1.165, 1.54) is 12.1 Å². The molecule has 2 rings (SSSR count). The third-order valence-electron chi connectivity index (χ3n) is 2.98. The van der Waals surface area contributed by atoms with Crippen molar-refractivity contribution in [1.29, 1.82) is 0 Å². The van der Waals surface area contributed by atoms with Gasteiger partial charge in [-0.2, -0.15) is 0 Å². The zero-order valence-electron chi connectivity index (χ0n) is 11.5.